The molecule has 0 aliphatic heterocycles. The molecular weight excluding hydrogens is 232 g/mol. The van der Waals surface area contributed by atoms with E-state index in [4.69, 9.17) is 5.11 Å². The molecule has 0 heterocycles. The molecule has 1 N–H and O–H groups in total. The van der Waals surface area contributed by atoms with Crippen LogP contribution in [0.3, 0.4) is 0 Å². The number of hydrogen-bond acceptors (Lipinski definition) is 2. The van der Waals surface area contributed by atoms with Gasteiger partial charge in [-0.05, 0) is 25.5 Å². The summed E-state index contributed by atoms with van der Waals surface area (Å²) < 4.78 is 0. The second-order valence-electron chi connectivity index (χ2n) is 4.38. The van der Waals surface area contributed by atoms with Gasteiger partial charge in [-0.2, -0.15) is 0 Å². The minimum Gasteiger partial charge on any atom is -0.480 e. The quantitative estimate of drug-likeness (QED) is 0.891. The molecule has 0 saturated heterocycles. The normalized spacial score (nSPS) is 10.0. The van der Waals surface area contributed by atoms with Gasteiger partial charge in [0.2, 0.25) is 0 Å². The van der Waals surface area contributed by atoms with Gasteiger partial charge in [0, 0.05) is 19.8 Å². The maximum Gasteiger partial charge on any atom is 0.324 e. The highest BCUT2D eigenvalue weighted by Crippen LogP contribution is 2.20. The lowest BCUT2D eigenvalue weighted by molar-refractivity contribution is -0.137. The average Bonchev–Trinajstić information content (AvgIpc) is 2.26. The number of anilines is 1. The predicted octanol–water partition coefficient (Wildman–Crippen LogP) is 1.88. The summed E-state index contributed by atoms with van der Waals surface area (Å²) in [5.41, 5.74) is 2.88. The van der Waals surface area contributed by atoms with Crippen molar-refractivity contribution >= 4 is 17.7 Å². The molecule has 1 aromatic rings. The van der Waals surface area contributed by atoms with Crippen molar-refractivity contribution in [1.82, 2.24) is 4.90 Å². The Hall–Kier alpha value is -2.04. The summed E-state index contributed by atoms with van der Waals surface area (Å²) in [5, 5.41) is 8.66. The van der Waals surface area contributed by atoms with Gasteiger partial charge in [-0.1, -0.05) is 17.7 Å². The first kappa shape index (κ1) is 14.0. The number of nitrogens with zero attached hydrogens (tertiary/aromatic N) is 2. The van der Waals surface area contributed by atoms with Crippen molar-refractivity contribution in [3.05, 3.63) is 29.3 Å². The van der Waals surface area contributed by atoms with Crippen molar-refractivity contribution in [3.63, 3.8) is 0 Å². The Labute approximate surface area is 107 Å². The molecule has 1 rings (SSSR count). The van der Waals surface area contributed by atoms with Gasteiger partial charge in [0.15, 0.2) is 0 Å². The van der Waals surface area contributed by atoms with Crippen molar-refractivity contribution in [2.75, 3.05) is 25.5 Å². The number of urea groups is 1. The Kier molecular flexibility index (Phi) is 4.31. The number of carbonyl (C=O) groups is 2. The van der Waals surface area contributed by atoms with E-state index < -0.39 is 5.97 Å². The highest BCUT2D eigenvalue weighted by atomic mass is 16.4. The summed E-state index contributed by atoms with van der Waals surface area (Å²) in [6.07, 6.45) is 0. The highest BCUT2D eigenvalue weighted by molar-refractivity contribution is 5.93. The van der Waals surface area contributed by atoms with E-state index >= 15 is 0 Å². The Bertz CT molecular complexity index is 471. The molecule has 0 bridgehead atoms. The zero-order valence-corrected chi connectivity index (χ0v) is 11.1. The first-order chi connectivity index (χ1) is 8.32. The van der Waals surface area contributed by atoms with E-state index in [0.29, 0.717) is 0 Å². The standard InChI is InChI=1S/C13H18N2O3/c1-9-5-6-11(10(2)7-9)15(4)13(18)14(3)8-12(16)17/h5-7H,8H2,1-4H3,(H,16,17). The summed E-state index contributed by atoms with van der Waals surface area (Å²) in [6.45, 7) is 3.59. The Balaban J connectivity index is 2.89. The number of carboxylic acid groups (broad SMARTS) is 1. The molecule has 98 valence electrons. The molecule has 18 heavy (non-hydrogen) atoms. The number of carbonyl (C=O) groups excluding carboxylic acids is 1. The predicted molar refractivity (Wildman–Crippen MR) is 70.0 cm³/mol. The van der Waals surface area contributed by atoms with E-state index in [9.17, 15) is 9.59 Å². The van der Waals surface area contributed by atoms with E-state index in [1.54, 1.807) is 7.05 Å². The average molecular weight is 250 g/mol. The van der Waals surface area contributed by atoms with E-state index in [1.165, 1.54) is 16.8 Å². The van der Waals surface area contributed by atoms with Crippen molar-refractivity contribution in [3.8, 4) is 0 Å². The van der Waals surface area contributed by atoms with Crippen LogP contribution in [0.25, 0.3) is 0 Å². The summed E-state index contributed by atoms with van der Waals surface area (Å²) in [6, 6.07) is 5.42. The lowest BCUT2D eigenvalue weighted by Gasteiger charge is -2.25. The number of rotatable bonds is 3. The fourth-order valence-corrected chi connectivity index (χ4v) is 1.81. The van der Waals surface area contributed by atoms with Crippen LogP contribution in [0.2, 0.25) is 0 Å². The molecule has 1 aromatic carbocycles. The van der Waals surface area contributed by atoms with Gasteiger partial charge in [0.05, 0.1) is 0 Å². The topological polar surface area (TPSA) is 60.9 Å². The molecule has 5 heteroatoms. The first-order valence-electron chi connectivity index (χ1n) is 5.60. The zero-order valence-electron chi connectivity index (χ0n) is 11.1. The van der Waals surface area contributed by atoms with Gasteiger partial charge in [0.1, 0.15) is 6.54 Å². The monoisotopic (exact) mass is 250 g/mol. The van der Waals surface area contributed by atoms with Gasteiger partial charge in [-0.3, -0.25) is 9.69 Å². The van der Waals surface area contributed by atoms with Crippen LogP contribution in [0.15, 0.2) is 18.2 Å². The van der Waals surface area contributed by atoms with Crippen LogP contribution in [0.4, 0.5) is 10.5 Å². The van der Waals surface area contributed by atoms with E-state index in [-0.39, 0.29) is 12.6 Å². The Morgan fingerprint density at radius 2 is 1.83 bits per heavy atom. The molecule has 0 atom stereocenters. The van der Waals surface area contributed by atoms with Crippen LogP contribution in [0.5, 0.6) is 0 Å². The molecule has 0 fully saturated rings. The number of carboxylic acids is 1. The van der Waals surface area contributed by atoms with Crippen molar-refractivity contribution in [2.45, 2.75) is 13.8 Å². The van der Waals surface area contributed by atoms with Crippen molar-refractivity contribution < 1.29 is 14.7 Å². The molecule has 2 amide bonds. The third kappa shape index (κ3) is 3.23. The molecule has 0 saturated carbocycles. The van der Waals surface area contributed by atoms with Gasteiger partial charge in [0.25, 0.3) is 0 Å². The fourth-order valence-electron chi connectivity index (χ4n) is 1.81. The van der Waals surface area contributed by atoms with E-state index in [2.05, 4.69) is 0 Å². The number of amides is 2. The molecule has 0 unspecified atom stereocenters. The Morgan fingerprint density at radius 1 is 1.22 bits per heavy atom. The second-order valence-corrected chi connectivity index (χ2v) is 4.38. The second kappa shape index (κ2) is 5.53. The van der Waals surface area contributed by atoms with Crippen LogP contribution in [0, 0.1) is 13.8 Å². The van der Waals surface area contributed by atoms with Crippen LogP contribution < -0.4 is 4.90 Å². The van der Waals surface area contributed by atoms with Crippen LogP contribution in [-0.2, 0) is 4.79 Å². The molecule has 0 radical (unpaired) electrons. The van der Waals surface area contributed by atoms with Crippen molar-refractivity contribution in [1.29, 1.82) is 0 Å². The van der Waals surface area contributed by atoms with E-state index in [0.717, 1.165) is 16.8 Å². The molecule has 0 spiro atoms. The SMILES string of the molecule is Cc1ccc(N(C)C(=O)N(C)CC(=O)O)c(C)c1. The highest BCUT2D eigenvalue weighted by Gasteiger charge is 2.18. The number of likely N-dealkylation sites (N-methyl/N-ethyl adjacent to an activating group) is 1. The molecule has 0 aliphatic rings. The smallest absolute Gasteiger partial charge is 0.324 e. The third-order valence-corrected chi connectivity index (χ3v) is 2.70. The lowest BCUT2D eigenvalue weighted by atomic mass is 10.1. The number of benzene rings is 1. The lowest BCUT2D eigenvalue weighted by Crippen LogP contribution is -2.41. The maximum absolute atomic E-state index is 12.0. The van der Waals surface area contributed by atoms with Gasteiger partial charge in [-0.15, -0.1) is 0 Å². The summed E-state index contributed by atoms with van der Waals surface area (Å²) in [7, 11) is 3.11. The summed E-state index contributed by atoms with van der Waals surface area (Å²) in [4.78, 5) is 25.2. The molecular formula is C13H18N2O3. The van der Waals surface area contributed by atoms with Crippen LogP contribution >= 0.6 is 0 Å². The fraction of sp³-hybridized carbons (Fsp3) is 0.385. The van der Waals surface area contributed by atoms with Gasteiger partial charge >= 0.3 is 12.0 Å². The molecule has 0 aromatic heterocycles. The van der Waals surface area contributed by atoms with Crippen LogP contribution in [-0.4, -0.2) is 42.6 Å². The number of aliphatic carboxylic acids is 1. The largest absolute Gasteiger partial charge is 0.480 e. The molecule has 5 nitrogen and oxygen atoms in total. The van der Waals surface area contributed by atoms with Gasteiger partial charge < -0.3 is 10.0 Å². The van der Waals surface area contributed by atoms with Crippen LogP contribution in [0.1, 0.15) is 11.1 Å². The minimum atomic E-state index is -1.03. The Morgan fingerprint density at radius 3 is 2.33 bits per heavy atom. The molecule has 0 aliphatic carbocycles. The third-order valence-electron chi connectivity index (χ3n) is 2.70. The summed E-state index contributed by atoms with van der Waals surface area (Å²) >= 11 is 0. The maximum atomic E-state index is 12.0. The zero-order chi connectivity index (χ0) is 13.9. The number of aryl methyl sites for hydroxylation is 2. The first-order valence-corrected chi connectivity index (χ1v) is 5.60. The number of hydrogen-bond donors (Lipinski definition) is 1. The van der Waals surface area contributed by atoms with E-state index in [1.807, 2.05) is 32.0 Å². The summed E-state index contributed by atoms with van der Waals surface area (Å²) in [5.74, 6) is -1.03. The van der Waals surface area contributed by atoms with Gasteiger partial charge in [-0.25, -0.2) is 4.79 Å². The minimum absolute atomic E-state index is 0.311. The van der Waals surface area contributed by atoms with Crippen molar-refractivity contribution in [2.24, 2.45) is 0 Å².